The zero-order chi connectivity index (χ0) is 16.9. The van der Waals surface area contributed by atoms with Crippen molar-refractivity contribution in [2.45, 2.75) is 26.3 Å². The van der Waals surface area contributed by atoms with Crippen molar-refractivity contribution in [3.63, 3.8) is 0 Å². The minimum atomic E-state index is -0.141. The first-order chi connectivity index (χ1) is 11.7. The van der Waals surface area contributed by atoms with Crippen LogP contribution in [-0.4, -0.2) is 44.8 Å². The molecule has 0 aromatic carbocycles. The van der Waals surface area contributed by atoms with Crippen LogP contribution in [0.2, 0.25) is 0 Å². The van der Waals surface area contributed by atoms with Gasteiger partial charge in [0.15, 0.2) is 10.8 Å². The molecule has 1 fully saturated rings. The summed E-state index contributed by atoms with van der Waals surface area (Å²) in [4.78, 5) is 38.5. The summed E-state index contributed by atoms with van der Waals surface area (Å²) in [6, 6.07) is 1.76. The number of likely N-dealkylation sites (tertiary alicyclic amines) is 1. The van der Waals surface area contributed by atoms with E-state index in [4.69, 9.17) is 0 Å². The van der Waals surface area contributed by atoms with E-state index in [1.807, 2.05) is 12.3 Å². The number of thiazole rings is 1. The number of carbonyl (C=O) groups excluding carboxylic acids is 2. The Morgan fingerprint density at radius 2 is 2.21 bits per heavy atom. The summed E-state index contributed by atoms with van der Waals surface area (Å²) in [5.41, 5.74) is 0.787. The standard InChI is InChI=1S/C16H19N5O2S/c1-2-21-9-11(4-5-13(21)22)15(23)19-8-12-10-24-16(20-12)14-17-6-3-7-18-14/h3,6-7,10-11H,2,4-5,8-9H2,1H3,(H,19,23)/t11-/m1/s1. The summed E-state index contributed by atoms with van der Waals surface area (Å²) in [5, 5.41) is 5.55. The van der Waals surface area contributed by atoms with Gasteiger partial charge in [-0.05, 0) is 19.4 Å². The van der Waals surface area contributed by atoms with Crippen LogP contribution < -0.4 is 5.32 Å². The number of hydrogen-bond donors (Lipinski definition) is 1. The molecule has 2 aromatic rings. The Kier molecular flexibility index (Phi) is 5.14. The monoisotopic (exact) mass is 345 g/mol. The predicted molar refractivity (Wildman–Crippen MR) is 90.0 cm³/mol. The van der Waals surface area contributed by atoms with Crippen LogP contribution in [0.15, 0.2) is 23.8 Å². The van der Waals surface area contributed by atoms with Gasteiger partial charge < -0.3 is 10.2 Å². The Morgan fingerprint density at radius 1 is 1.42 bits per heavy atom. The lowest BCUT2D eigenvalue weighted by Crippen LogP contribution is -2.45. The lowest BCUT2D eigenvalue weighted by molar-refractivity contribution is -0.138. The maximum Gasteiger partial charge on any atom is 0.225 e. The van der Waals surface area contributed by atoms with Crippen LogP contribution in [0.4, 0.5) is 0 Å². The molecule has 2 amide bonds. The van der Waals surface area contributed by atoms with Crippen LogP contribution in [0.1, 0.15) is 25.5 Å². The fourth-order valence-corrected chi connectivity index (χ4v) is 3.42. The topological polar surface area (TPSA) is 88.1 Å². The Bertz CT molecular complexity index is 718. The highest BCUT2D eigenvalue weighted by Gasteiger charge is 2.29. The van der Waals surface area contributed by atoms with Crippen molar-refractivity contribution in [2.75, 3.05) is 13.1 Å². The Balaban J connectivity index is 1.55. The fraction of sp³-hybridized carbons (Fsp3) is 0.438. The van der Waals surface area contributed by atoms with E-state index in [0.717, 1.165) is 10.7 Å². The van der Waals surface area contributed by atoms with Gasteiger partial charge in [0.05, 0.1) is 18.2 Å². The number of nitrogens with zero attached hydrogens (tertiary/aromatic N) is 4. The summed E-state index contributed by atoms with van der Waals surface area (Å²) < 4.78 is 0. The van der Waals surface area contributed by atoms with Crippen molar-refractivity contribution >= 4 is 23.2 Å². The molecular weight excluding hydrogens is 326 g/mol. The molecule has 126 valence electrons. The summed E-state index contributed by atoms with van der Waals surface area (Å²) in [7, 11) is 0. The molecule has 1 atom stereocenters. The average molecular weight is 345 g/mol. The van der Waals surface area contributed by atoms with Crippen LogP contribution in [0, 0.1) is 5.92 Å². The molecule has 0 aliphatic carbocycles. The minimum Gasteiger partial charge on any atom is -0.350 e. The second-order valence-corrected chi connectivity index (χ2v) is 6.46. The van der Waals surface area contributed by atoms with E-state index in [2.05, 4.69) is 20.3 Å². The molecule has 7 nitrogen and oxygen atoms in total. The van der Waals surface area contributed by atoms with Gasteiger partial charge in [-0.15, -0.1) is 11.3 Å². The van der Waals surface area contributed by atoms with Crippen molar-refractivity contribution in [1.82, 2.24) is 25.2 Å². The van der Waals surface area contributed by atoms with Gasteiger partial charge in [-0.25, -0.2) is 15.0 Å². The van der Waals surface area contributed by atoms with E-state index in [1.165, 1.54) is 11.3 Å². The SMILES string of the molecule is CCN1C[C@H](C(=O)NCc2csc(-c3ncccn3)n2)CCC1=O. The quantitative estimate of drug-likeness (QED) is 0.887. The number of piperidine rings is 1. The lowest BCUT2D eigenvalue weighted by Gasteiger charge is -2.30. The first-order valence-corrected chi connectivity index (χ1v) is 8.82. The zero-order valence-corrected chi connectivity index (χ0v) is 14.3. The van der Waals surface area contributed by atoms with Crippen LogP contribution in [-0.2, 0) is 16.1 Å². The largest absolute Gasteiger partial charge is 0.350 e. The number of rotatable bonds is 5. The van der Waals surface area contributed by atoms with Crippen LogP contribution in [0.3, 0.4) is 0 Å². The van der Waals surface area contributed by atoms with Crippen molar-refractivity contribution in [3.05, 3.63) is 29.5 Å². The highest BCUT2D eigenvalue weighted by atomic mass is 32.1. The maximum atomic E-state index is 12.3. The van der Waals surface area contributed by atoms with Gasteiger partial charge in [0.2, 0.25) is 11.8 Å². The maximum absolute atomic E-state index is 12.3. The Hall–Kier alpha value is -2.35. The molecule has 0 unspecified atom stereocenters. The molecule has 0 saturated carbocycles. The molecule has 3 rings (SSSR count). The molecule has 2 aromatic heterocycles. The van der Waals surface area contributed by atoms with E-state index >= 15 is 0 Å². The van der Waals surface area contributed by atoms with Crippen LogP contribution in [0.25, 0.3) is 10.8 Å². The van der Waals surface area contributed by atoms with Gasteiger partial charge in [-0.1, -0.05) is 0 Å². The molecular formula is C16H19N5O2S. The number of carbonyl (C=O) groups is 2. The molecule has 8 heteroatoms. The first-order valence-electron chi connectivity index (χ1n) is 7.94. The van der Waals surface area contributed by atoms with Crippen LogP contribution >= 0.6 is 11.3 Å². The molecule has 1 N–H and O–H groups in total. The molecule has 0 bridgehead atoms. The molecule has 1 saturated heterocycles. The normalized spacial score (nSPS) is 17.8. The summed E-state index contributed by atoms with van der Waals surface area (Å²) in [6.07, 6.45) is 4.41. The number of aromatic nitrogens is 3. The van der Waals surface area contributed by atoms with Gasteiger partial charge in [0.25, 0.3) is 0 Å². The minimum absolute atomic E-state index is 0.0218. The lowest BCUT2D eigenvalue weighted by atomic mass is 9.96. The Labute approximate surface area is 144 Å². The average Bonchev–Trinajstić information content (AvgIpc) is 3.10. The second kappa shape index (κ2) is 7.48. The predicted octanol–water partition coefficient (Wildman–Crippen LogP) is 1.47. The zero-order valence-electron chi connectivity index (χ0n) is 13.4. The highest BCUT2D eigenvalue weighted by Crippen LogP contribution is 2.20. The molecule has 1 aliphatic rings. The van der Waals surface area contributed by atoms with Crippen molar-refractivity contribution in [3.8, 4) is 10.8 Å². The van der Waals surface area contributed by atoms with E-state index in [9.17, 15) is 9.59 Å². The molecule has 0 radical (unpaired) electrons. The number of nitrogens with one attached hydrogen (secondary N) is 1. The molecule has 3 heterocycles. The van der Waals surface area contributed by atoms with Crippen molar-refractivity contribution < 1.29 is 9.59 Å². The molecule has 24 heavy (non-hydrogen) atoms. The number of amides is 2. The van der Waals surface area contributed by atoms with Gasteiger partial charge in [-0.3, -0.25) is 9.59 Å². The van der Waals surface area contributed by atoms with Gasteiger partial charge in [-0.2, -0.15) is 0 Å². The number of hydrogen-bond acceptors (Lipinski definition) is 6. The van der Waals surface area contributed by atoms with Gasteiger partial charge in [0.1, 0.15) is 0 Å². The van der Waals surface area contributed by atoms with E-state index in [1.54, 1.807) is 23.4 Å². The molecule has 0 spiro atoms. The van der Waals surface area contributed by atoms with E-state index in [0.29, 0.717) is 38.3 Å². The van der Waals surface area contributed by atoms with Gasteiger partial charge >= 0.3 is 0 Å². The Morgan fingerprint density at radius 3 is 2.96 bits per heavy atom. The van der Waals surface area contributed by atoms with Crippen LogP contribution in [0.5, 0.6) is 0 Å². The van der Waals surface area contributed by atoms with E-state index < -0.39 is 0 Å². The molecule has 1 aliphatic heterocycles. The third kappa shape index (κ3) is 3.76. The van der Waals surface area contributed by atoms with Crippen molar-refractivity contribution in [1.29, 1.82) is 0 Å². The smallest absolute Gasteiger partial charge is 0.225 e. The second-order valence-electron chi connectivity index (χ2n) is 5.60. The van der Waals surface area contributed by atoms with Crippen molar-refractivity contribution in [2.24, 2.45) is 5.92 Å². The summed E-state index contributed by atoms with van der Waals surface area (Å²) in [5.74, 6) is 0.558. The fourth-order valence-electron chi connectivity index (χ4n) is 2.66. The summed E-state index contributed by atoms with van der Waals surface area (Å²) in [6.45, 7) is 3.45. The van der Waals surface area contributed by atoms with E-state index in [-0.39, 0.29) is 17.7 Å². The third-order valence-electron chi connectivity index (χ3n) is 4.01. The first kappa shape index (κ1) is 16.5. The summed E-state index contributed by atoms with van der Waals surface area (Å²) >= 11 is 1.45. The third-order valence-corrected chi connectivity index (χ3v) is 4.89. The van der Waals surface area contributed by atoms with Gasteiger partial charge in [0, 0.05) is 37.3 Å². The highest BCUT2D eigenvalue weighted by molar-refractivity contribution is 7.13.